The Kier molecular flexibility index (Phi) is 40.3. The normalized spacial score (nSPS) is 12.9. The van der Waals surface area contributed by atoms with Gasteiger partial charge in [0.05, 0.1) is 40.3 Å². The summed E-state index contributed by atoms with van der Waals surface area (Å²) in [6.07, 6.45) is 41.1. The van der Waals surface area contributed by atoms with Crippen LogP contribution in [0, 0.1) is 0 Å². The van der Waals surface area contributed by atoms with Crippen LogP contribution in [0.3, 0.4) is 0 Å². The Labute approximate surface area is 357 Å². The number of quaternary nitrogens is 1. The van der Waals surface area contributed by atoms with Crippen LogP contribution in [0.15, 0.2) is 12.2 Å². The summed E-state index contributed by atoms with van der Waals surface area (Å²) < 4.78 is 22.6. The SMILES string of the molecule is CCCCC/C=C\CCCCCCCC(=O)OC(COC(=O)CCCCCCCCCCCCCCCCCCCCCCC)COC(OCC[N+](C)(C)C)C(=O)[O-]. The number of rotatable bonds is 45. The van der Waals surface area contributed by atoms with Gasteiger partial charge in [-0.25, -0.2) is 0 Å². The van der Waals surface area contributed by atoms with Crippen LogP contribution in [0.5, 0.6) is 0 Å². The zero-order valence-corrected chi connectivity index (χ0v) is 38.7. The van der Waals surface area contributed by atoms with Crippen molar-refractivity contribution in [2.75, 3.05) is 47.5 Å². The van der Waals surface area contributed by atoms with E-state index in [1.807, 2.05) is 21.1 Å². The lowest BCUT2D eigenvalue weighted by molar-refractivity contribution is -0.870. The molecule has 2 unspecified atom stereocenters. The Balaban J connectivity index is 4.27. The molecule has 0 saturated heterocycles. The van der Waals surface area contributed by atoms with Crippen molar-refractivity contribution in [3.05, 3.63) is 12.2 Å². The fourth-order valence-corrected chi connectivity index (χ4v) is 6.94. The van der Waals surface area contributed by atoms with E-state index < -0.39 is 24.3 Å². The second-order valence-electron chi connectivity index (χ2n) is 17.8. The topological polar surface area (TPSA) is 111 Å². The Bertz CT molecular complexity index is 965. The van der Waals surface area contributed by atoms with Gasteiger partial charge in [-0.2, -0.15) is 0 Å². The van der Waals surface area contributed by atoms with Crippen LogP contribution < -0.4 is 5.11 Å². The standard InChI is InChI=1S/C49H93NO8/c1-6-8-10-12-14-16-18-20-21-22-23-24-25-26-27-28-30-31-33-35-37-39-46(51)56-43-45(44-57-49(48(53)54)55-42-41-50(3,4)5)58-47(52)40-38-36-34-32-29-19-17-15-13-11-9-7-2/h15,17,45,49H,6-14,16,18-44H2,1-5H3/b17-15-. The zero-order valence-electron chi connectivity index (χ0n) is 38.7. The first kappa shape index (κ1) is 56.0. The third kappa shape index (κ3) is 42.2. The van der Waals surface area contributed by atoms with Crippen molar-refractivity contribution in [2.45, 2.75) is 238 Å². The highest BCUT2D eigenvalue weighted by atomic mass is 16.7. The Hall–Kier alpha value is -1.97. The molecule has 9 heteroatoms. The van der Waals surface area contributed by atoms with E-state index in [-0.39, 0.29) is 32.2 Å². The summed E-state index contributed by atoms with van der Waals surface area (Å²) in [5, 5.41) is 11.7. The number of hydrogen-bond acceptors (Lipinski definition) is 8. The molecule has 0 rings (SSSR count). The Morgan fingerprint density at radius 1 is 0.500 bits per heavy atom. The number of carbonyl (C=O) groups is 3. The minimum Gasteiger partial charge on any atom is -0.545 e. The molecule has 0 heterocycles. The molecular weight excluding hydrogens is 731 g/mol. The van der Waals surface area contributed by atoms with Crippen molar-refractivity contribution < 1.29 is 42.9 Å². The molecule has 0 aliphatic rings. The lowest BCUT2D eigenvalue weighted by Crippen LogP contribution is -2.44. The van der Waals surface area contributed by atoms with Crippen LogP contribution in [0.1, 0.15) is 226 Å². The molecule has 342 valence electrons. The van der Waals surface area contributed by atoms with Crippen LogP contribution in [-0.4, -0.2) is 82.3 Å². The number of nitrogens with zero attached hydrogens (tertiary/aromatic N) is 1. The van der Waals surface area contributed by atoms with Crippen LogP contribution in [0.4, 0.5) is 0 Å². The average molecular weight is 824 g/mol. The van der Waals surface area contributed by atoms with Gasteiger partial charge in [0, 0.05) is 12.8 Å². The monoisotopic (exact) mass is 824 g/mol. The van der Waals surface area contributed by atoms with Gasteiger partial charge in [-0.3, -0.25) is 9.59 Å². The quantitative estimate of drug-likeness (QED) is 0.0196. The van der Waals surface area contributed by atoms with Crippen molar-refractivity contribution in [1.29, 1.82) is 0 Å². The Morgan fingerprint density at radius 2 is 0.879 bits per heavy atom. The number of ether oxygens (including phenoxy) is 4. The van der Waals surface area contributed by atoms with E-state index in [0.717, 1.165) is 57.8 Å². The van der Waals surface area contributed by atoms with Gasteiger partial charge in [-0.15, -0.1) is 0 Å². The fourth-order valence-electron chi connectivity index (χ4n) is 6.94. The van der Waals surface area contributed by atoms with Gasteiger partial charge in [0.1, 0.15) is 13.2 Å². The number of allylic oxidation sites excluding steroid dienone is 2. The molecule has 2 atom stereocenters. The summed E-state index contributed by atoms with van der Waals surface area (Å²) in [4.78, 5) is 37.0. The predicted molar refractivity (Wildman–Crippen MR) is 237 cm³/mol. The van der Waals surface area contributed by atoms with Crippen molar-refractivity contribution >= 4 is 17.9 Å². The number of likely N-dealkylation sites (N-methyl/N-ethyl adjacent to an activating group) is 1. The third-order valence-electron chi connectivity index (χ3n) is 10.8. The maximum Gasteiger partial charge on any atom is 0.306 e. The molecule has 0 aliphatic heterocycles. The molecule has 0 aromatic rings. The van der Waals surface area contributed by atoms with Crippen molar-refractivity contribution in [1.82, 2.24) is 0 Å². The number of carboxylic acids is 1. The maximum absolute atomic E-state index is 12.7. The highest BCUT2D eigenvalue weighted by molar-refractivity contribution is 5.70. The van der Waals surface area contributed by atoms with Crippen LogP contribution in [0.2, 0.25) is 0 Å². The van der Waals surface area contributed by atoms with Crippen LogP contribution in [0.25, 0.3) is 0 Å². The molecule has 0 aromatic heterocycles. The predicted octanol–water partition coefficient (Wildman–Crippen LogP) is 11.7. The molecule has 0 aromatic carbocycles. The Morgan fingerprint density at radius 3 is 1.31 bits per heavy atom. The average Bonchev–Trinajstić information content (AvgIpc) is 3.18. The van der Waals surface area contributed by atoms with Gasteiger partial charge >= 0.3 is 11.9 Å². The summed E-state index contributed by atoms with van der Waals surface area (Å²) in [6.45, 7) is 4.73. The van der Waals surface area contributed by atoms with Gasteiger partial charge in [0.2, 0.25) is 0 Å². The molecule has 0 amide bonds. The first-order chi connectivity index (χ1) is 28.1. The molecule has 58 heavy (non-hydrogen) atoms. The molecule has 9 nitrogen and oxygen atoms in total. The first-order valence-corrected chi connectivity index (χ1v) is 24.3. The summed E-state index contributed by atoms with van der Waals surface area (Å²) >= 11 is 0. The summed E-state index contributed by atoms with van der Waals surface area (Å²) in [6, 6.07) is 0. The maximum atomic E-state index is 12.7. The summed E-state index contributed by atoms with van der Waals surface area (Å²) in [5.41, 5.74) is 0. The number of carbonyl (C=O) groups excluding carboxylic acids is 3. The summed E-state index contributed by atoms with van der Waals surface area (Å²) in [7, 11) is 5.91. The molecule has 0 bridgehead atoms. The smallest absolute Gasteiger partial charge is 0.306 e. The molecule has 0 aliphatic carbocycles. The number of esters is 2. The van der Waals surface area contributed by atoms with Gasteiger partial charge in [-0.05, 0) is 38.5 Å². The molecule has 0 N–H and O–H groups in total. The van der Waals surface area contributed by atoms with E-state index in [4.69, 9.17) is 18.9 Å². The van der Waals surface area contributed by atoms with Gasteiger partial charge < -0.3 is 33.3 Å². The molecule has 0 saturated carbocycles. The highest BCUT2D eigenvalue weighted by Crippen LogP contribution is 2.16. The minimum atomic E-state index is -1.62. The van der Waals surface area contributed by atoms with Crippen molar-refractivity contribution in [3.63, 3.8) is 0 Å². The lowest BCUT2D eigenvalue weighted by Gasteiger charge is -2.26. The van der Waals surface area contributed by atoms with E-state index in [0.29, 0.717) is 23.9 Å². The van der Waals surface area contributed by atoms with Gasteiger partial charge in [-0.1, -0.05) is 187 Å². The lowest BCUT2D eigenvalue weighted by atomic mass is 10.0. The number of hydrogen-bond donors (Lipinski definition) is 0. The second-order valence-corrected chi connectivity index (χ2v) is 17.8. The molecule has 0 fully saturated rings. The number of aliphatic carboxylic acids is 1. The largest absolute Gasteiger partial charge is 0.545 e. The van der Waals surface area contributed by atoms with E-state index in [9.17, 15) is 19.5 Å². The highest BCUT2D eigenvalue weighted by Gasteiger charge is 2.21. The molecular formula is C49H93NO8. The molecule has 0 radical (unpaired) electrons. The van der Waals surface area contributed by atoms with Crippen molar-refractivity contribution in [2.24, 2.45) is 0 Å². The number of carboxylic acid groups (broad SMARTS) is 1. The second kappa shape index (κ2) is 41.8. The van der Waals surface area contributed by atoms with Gasteiger partial charge in [0.25, 0.3) is 0 Å². The summed E-state index contributed by atoms with van der Waals surface area (Å²) in [5.74, 6) is -2.28. The van der Waals surface area contributed by atoms with Crippen LogP contribution >= 0.6 is 0 Å². The van der Waals surface area contributed by atoms with E-state index in [1.165, 1.54) is 135 Å². The van der Waals surface area contributed by atoms with Gasteiger partial charge in [0.15, 0.2) is 12.4 Å². The van der Waals surface area contributed by atoms with Crippen LogP contribution in [-0.2, 0) is 33.3 Å². The fraction of sp³-hybridized carbons (Fsp3) is 0.898. The first-order valence-electron chi connectivity index (χ1n) is 24.3. The van der Waals surface area contributed by atoms with Crippen molar-refractivity contribution in [3.8, 4) is 0 Å². The molecule has 0 spiro atoms. The van der Waals surface area contributed by atoms with E-state index in [2.05, 4.69) is 26.0 Å². The number of unbranched alkanes of at least 4 members (excludes halogenated alkanes) is 28. The van der Waals surface area contributed by atoms with E-state index >= 15 is 0 Å². The van der Waals surface area contributed by atoms with E-state index in [1.54, 1.807) is 0 Å². The minimum absolute atomic E-state index is 0.149. The third-order valence-corrected chi connectivity index (χ3v) is 10.8. The zero-order chi connectivity index (χ0) is 42.8.